The van der Waals surface area contributed by atoms with Gasteiger partial charge in [-0.2, -0.15) is 4.31 Å². The van der Waals surface area contributed by atoms with Crippen LogP contribution in [0.5, 0.6) is 0 Å². The van der Waals surface area contributed by atoms with Crippen LogP contribution in [0.2, 0.25) is 0 Å². The first-order valence-electron chi connectivity index (χ1n) is 24.3. The number of rotatable bonds is 22. The molecule has 352 valence electrons. The van der Waals surface area contributed by atoms with Crippen molar-refractivity contribution in [3.05, 3.63) is 102 Å². The van der Waals surface area contributed by atoms with E-state index < -0.39 is 40.0 Å². The van der Waals surface area contributed by atoms with E-state index in [-0.39, 0.29) is 78.3 Å². The molecule has 4 aliphatic rings. The van der Waals surface area contributed by atoms with Crippen LogP contribution in [0.4, 0.5) is 0 Å². The van der Waals surface area contributed by atoms with E-state index >= 15 is 0 Å². The molecule has 2 heterocycles. The van der Waals surface area contributed by atoms with E-state index in [1.165, 1.54) is 33.5 Å². The molecule has 14 heteroatoms. The largest absolute Gasteiger partial charge is 0.378 e. The Hall–Kier alpha value is -4.63. The van der Waals surface area contributed by atoms with Crippen molar-refractivity contribution in [2.45, 2.75) is 138 Å². The number of nitrogens with one attached hydrogen (secondary N) is 3. The summed E-state index contributed by atoms with van der Waals surface area (Å²) in [5, 5.41) is 20.7. The number of carbonyl (C=O) groups is 4. The fourth-order valence-electron chi connectivity index (χ4n) is 9.79. The zero-order valence-corrected chi connectivity index (χ0v) is 39.1. The first-order chi connectivity index (χ1) is 31.5. The van der Waals surface area contributed by atoms with Gasteiger partial charge in [-0.05, 0) is 73.9 Å². The summed E-state index contributed by atoms with van der Waals surface area (Å²) < 4.78 is 29.9. The fraction of sp³-hybridized carbons (Fsp3) is 0.569. The first kappa shape index (κ1) is 48.3. The standard InChI is InChI=1S/C51H70N6O7S/c1-3-5-7-9-16-23-47(58)57-30-18-29-56(35-46(57)50(61)52-28-17-8-6-4-2)65(63,64)39-26-24-38(25-27-39)51(62)55-33-42(48(59)53-44-31-40(44)36-19-12-10-13-20-36)43(34-55)49(60)54-45-32-41(45)37-21-14-11-15-22-37/h10-15,19-22,24-27,40-47,58H,3-9,16-18,23,28-35H2,1-2H3,(H,52,61)(H,53,59)(H,54,60)/t40-,41-,42-,43-,44+,45+,46?,47?/m1/s1. The van der Waals surface area contributed by atoms with Gasteiger partial charge in [-0.15, -0.1) is 0 Å². The van der Waals surface area contributed by atoms with Gasteiger partial charge in [0.05, 0.1) is 16.7 Å². The fourth-order valence-corrected chi connectivity index (χ4v) is 11.3. The normalized spacial score (nSPS) is 25.0. The molecule has 4 fully saturated rings. The molecule has 7 rings (SSSR count). The topological polar surface area (TPSA) is 168 Å². The minimum absolute atomic E-state index is 0.0107. The maximum Gasteiger partial charge on any atom is 0.253 e. The molecule has 2 saturated heterocycles. The van der Waals surface area contributed by atoms with Crippen LogP contribution in [0.3, 0.4) is 0 Å². The molecule has 0 radical (unpaired) electrons. The quantitative estimate of drug-likeness (QED) is 0.0870. The zero-order chi connectivity index (χ0) is 45.9. The molecule has 2 aliphatic heterocycles. The number of nitrogens with zero attached hydrogens (tertiary/aromatic N) is 3. The molecule has 2 aliphatic carbocycles. The number of hydrogen-bond acceptors (Lipinski definition) is 8. The molecule has 3 aromatic rings. The van der Waals surface area contributed by atoms with Gasteiger partial charge in [-0.25, -0.2) is 8.42 Å². The predicted molar refractivity (Wildman–Crippen MR) is 251 cm³/mol. The van der Waals surface area contributed by atoms with Gasteiger partial charge < -0.3 is 26.0 Å². The summed E-state index contributed by atoms with van der Waals surface area (Å²) in [5.41, 5.74) is 2.55. The Morgan fingerprint density at radius 3 is 1.75 bits per heavy atom. The number of benzene rings is 3. The van der Waals surface area contributed by atoms with E-state index in [4.69, 9.17) is 0 Å². The lowest BCUT2D eigenvalue weighted by atomic mass is 9.94. The van der Waals surface area contributed by atoms with E-state index in [1.807, 2.05) is 36.4 Å². The van der Waals surface area contributed by atoms with Gasteiger partial charge in [-0.3, -0.25) is 24.1 Å². The molecule has 4 amide bonds. The van der Waals surface area contributed by atoms with Gasteiger partial charge >= 0.3 is 0 Å². The molecule has 13 nitrogen and oxygen atoms in total. The van der Waals surface area contributed by atoms with Crippen LogP contribution >= 0.6 is 0 Å². The van der Waals surface area contributed by atoms with Crippen LogP contribution in [0.1, 0.15) is 131 Å². The van der Waals surface area contributed by atoms with Crippen LogP contribution in [0, 0.1) is 11.8 Å². The minimum atomic E-state index is -4.11. The van der Waals surface area contributed by atoms with Crippen molar-refractivity contribution >= 4 is 33.7 Å². The van der Waals surface area contributed by atoms with Gasteiger partial charge in [0.1, 0.15) is 12.3 Å². The predicted octanol–water partition coefficient (Wildman–Crippen LogP) is 6.16. The summed E-state index contributed by atoms with van der Waals surface area (Å²) in [7, 11) is -4.11. The summed E-state index contributed by atoms with van der Waals surface area (Å²) in [4.78, 5) is 59.1. The number of aliphatic hydroxyl groups excluding tert-OH is 1. The van der Waals surface area contributed by atoms with Crippen LogP contribution in [0.15, 0.2) is 89.8 Å². The van der Waals surface area contributed by atoms with E-state index in [0.29, 0.717) is 25.9 Å². The molecule has 8 atom stereocenters. The third-order valence-corrected chi connectivity index (χ3v) is 15.8. The Morgan fingerprint density at radius 2 is 1.20 bits per heavy atom. The molecule has 0 bridgehead atoms. The summed E-state index contributed by atoms with van der Waals surface area (Å²) in [6.07, 6.45) is 10.8. The Bertz CT molecular complexity index is 2080. The second-order valence-corrected chi connectivity index (χ2v) is 20.6. The lowest BCUT2D eigenvalue weighted by Gasteiger charge is -2.34. The number of sulfonamides is 1. The summed E-state index contributed by atoms with van der Waals surface area (Å²) in [6.45, 7) is 5.30. The number of unbranched alkanes of at least 4 members (excludes halogenated alkanes) is 7. The maximum absolute atomic E-state index is 14.3. The lowest BCUT2D eigenvalue weighted by Crippen LogP contribution is -2.55. The second kappa shape index (κ2) is 22.7. The maximum atomic E-state index is 14.3. The molecule has 0 aromatic heterocycles. The summed E-state index contributed by atoms with van der Waals surface area (Å²) in [5.74, 6) is -2.30. The highest BCUT2D eigenvalue weighted by molar-refractivity contribution is 7.89. The number of amides is 4. The number of hydrogen-bond donors (Lipinski definition) is 4. The molecule has 3 aromatic carbocycles. The molecule has 2 saturated carbocycles. The lowest BCUT2D eigenvalue weighted by molar-refractivity contribution is -0.133. The highest BCUT2D eigenvalue weighted by atomic mass is 32.2. The van der Waals surface area contributed by atoms with E-state index in [0.717, 1.165) is 81.8 Å². The van der Waals surface area contributed by atoms with Crippen molar-refractivity contribution in [2.24, 2.45) is 11.8 Å². The molecular weight excluding hydrogens is 841 g/mol. The van der Waals surface area contributed by atoms with Crippen molar-refractivity contribution < 1.29 is 32.7 Å². The Balaban J connectivity index is 1.02. The number of likely N-dealkylation sites (tertiary alicyclic amines) is 1. The van der Waals surface area contributed by atoms with Crippen molar-refractivity contribution in [1.29, 1.82) is 0 Å². The smallest absolute Gasteiger partial charge is 0.253 e. The number of aliphatic hydroxyl groups is 1. The van der Waals surface area contributed by atoms with E-state index in [2.05, 4.69) is 54.1 Å². The van der Waals surface area contributed by atoms with Gasteiger partial charge in [0, 0.05) is 68.8 Å². The Kier molecular flexibility index (Phi) is 16.9. The van der Waals surface area contributed by atoms with Crippen LogP contribution in [-0.2, 0) is 24.4 Å². The van der Waals surface area contributed by atoms with Gasteiger partial charge in [-0.1, -0.05) is 119 Å². The molecule has 4 N–H and O–H groups in total. The van der Waals surface area contributed by atoms with Gasteiger partial charge in [0.2, 0.25) is 27.7 Å². The molecular formula is C51H70N6O7S. The first-order valence-corrected chi connectivity index (χ1v) is 25.8. The van der Waals surface area contributed by atoms with Crippen LogP contribution < -0.4 is 16.0 Å². The van der Waals surface area contributed by atoms with Crippen molar-refractivity contribution in [1.82, 2.24) is 30.1 Å². The van der Waals surface area contributed by atoms with Gasteiger partial charge in [0.25, 0.3) is 5.91 Å². The minimum Gasteiger partial charge on any atom is -0.378 e. The summed E-state index contributed by atoms with van der Waals surface area (Å²) >= 11 is 0. The van der Waals surface area contributed by atoms with Crippen LogP contribution in [-0.4, -0.2) is 115 Å². The molecule has 0 spiro atoms. The highest BCUT2D eigenvalue weighted by Crippen LogP contribution is 2.43. The van der Waals surface area contributed by atoms with Crippen molar-refractivity contribution in [3.63, 3.8) is 0 Å². The number of carbonyl (C=O) groups excluding carboxylic acids is 4. The van der Waals surface area contributed by atoms with E-state index in [9.17, 15) is 32.7 Å². The Morgan fingerprint density at radius 1 is 0.662 bits per heavy atom. The second-order valence-electron chi connectivity index (χ2n) is 18.7. The monoisotopic (exact) mass is 911 g/mol. The molecule has 65 heavy (non-hydrogen) atoms. The molecule has 2 unspecified atom stereocenters. The summed E-state index contributed by atoms with van der Waals surface area (Å²) in [6, 6.07) is 24.9. The average Bonchev–Trinajstić information content (AvgIpc) is 4.24. The third-order valence-electron chi connectivity index (χ3n) is 13.9. The van der Waals surface area contributed by atoms with Crippen molar-refractivity contribution in [3.8, 4) is 0 Å². The Labute approximate surface area is 386 Å². The highest BCUT2D eigenvalue weighted by Gasteiger charge is 2.49. The van der Waals surface area contributed by atoms with Gasteiger partial charge in [0.15, 0.2) is 0 Å². The van der Waals surface area contributed by atoms with Crippen molar-refractivity contribution in [2.75, 3.05) is 39.3 Å². The zero-order valence-electron chi connectivity index (χ0n) is 38.3. The SMILES string of the molecule is CCCCCCCC(O)N1CCCN(S(=O)(=O)c2ccc(C(=O)N3C[C@@H](C(=O)N[C@H]4C[C@@H]4c4ccccc4)[C@H](C(=O)N[C@H]4C[C@@H]4c4ccccc4)C3)cc2)CC1C(=O)NCCCCCC. The third kappa shape index (κ3) is 12.4. The van der Waals surface area contributed by atoms with E-state index in [1.54, 1.807) is 4.90 Å². The van der Waals surface area contributed by atoms with Crippen LogP contribution in [0.25, 0.3) is 0 Å². The average molecular weight is 911 g/mol.